The molecule has 0 rings (SSSR count). The zero-order chi connectivity index (χ0) is 0. The van der Waals surface area contributed by atoms with Crippen LogP contribution in [-0.4, -0.2) is 60.8 Å². The van der Waals surface area contributed by atoms with Gasteiger partial charge in [0, 0.05) is 0 Å². The van der Waals surface area contributed by atoms with Crippen LogP contribution < -0.4 is 29.6 Å². The van der Waals surface area contributed by atoms with Crippen molar-refractivity contribution in [1.29, 1.82) is 0 Å². The molecule has 0 aliphatic rings. The molecule has 0 aromatic carbocycles. The summed E-state index contributed by atoms with van der Waals surface area (Å²) in [6.45, 7) is 0. The molecule has 42 valence electrons. The van der Waals surface area contributed by atoms with Gasteiger partial charge in [0.1, 0.15) is 0 Å². The van der Waals surface area contributed by atoms with E-state index in [1.54, 1.807) is 0 Å². The molecule has 0 N–H and O–H groups in total. The third-order valence-electron chi connectivity index (χ3n) is 0. The van der Waals surface area contributed by atoms with Crippen molar-refractivity contribution in [2.45, 2.75) is 0 Å². The van der Waals surface area contributed by atoms with E-state index in [9.17, 15) is 0 Å². The normalized spacial score (nSPS) is 0. The molecule has 0 aliphatic carbocycles. The molecule has 0 heterocycles. The molecule has 1 unspecified atom stereocenters. The molecule has 0 aromatic rings. The van der Waals surface area contributed by atoms with Crippen LogP contribution in [0.3, 0.4) is 0 Å². The van der Waals surface area contributed by atoms with E-state index in [-0.39, 0.29) is 145 Å². The molecule has 0 amide bonds. The quantitative estimate of drug-likeness (QED) is 0.341. The first-order valence-corrected chi connectivity index (χ1v) is 0. The Morgan fingerprint density at radius 1 is 0.857 bits per heavy atom. The summed E-state index contributed by atoms with van der Waals surface area (Å²) in [6, 6.07) is 0. The van der Waals surface area contributed by atoms with Crippen LogP contribution in [0, 0.1) is 0 Å². The van der Waals surface area contributed by atoms with Crippen molar-refractivity contribution in [3.63, 3.8) is 0 Å². The Labute approximate surface area is 142 Å². The van der Waals surface area contributed by atoms with Crippen LogP contribution in [0.5, 0.6) is 0 Å². The van der Waals surface area contributed by atoms with Crippen LogP contribution >= 0.6 is 47.1 Å². The summed E-state index contributed by atoms with van der Waals surface area (Å²) in [5.74, 6) is 0. The van der Waals surface area contributed by atoms with Gasteiger partial charge in [-0.3, -0.25) is 0 Å². The van der Waals surface area contributed by atoms with Crippen molar-refractivity contribution in [3.8, 4) is 0 Å². The molecule has 0 spiro atoms. The van der Waals surface area contributed by atoms with Gasteiger partial charge in [0.05, 0.1) is 0 Å². The number of hydrogen-bond donors (Lipinski definition) is 0. The van der Waals surface area contributed by atoms with Crippen LogP contribution in [-0.2, 0) is 0 Å². The molecule has 0 aliphatic heterocycles. The summed E-state index contributed by atoms with van der Waals surface area (Å²) in [7, 11) is 0. The van der Waals surface area contributed by atoms with E-state index < -0.39 is 0 Å². The Morgan fingerprint density at radius 3 is 0.857 bits per heavy atom. The fourth-order valence-corrected chi connectivity index (χ4v) is 0. The van der Waals surface area contributed by atoms with E-state index >= 15 is 0 Å². The fourth-order valence-electron chi connectivity index (χ4n) is 0. The van der Waals surface area contributed by atoms with Gasteiger partial charge in [-0.05, 0) is 0 Å². The van der Waals surface area contributed by atoms with Gasteiger partial charge in [0.25, 0.3) is 0 Å². The topological polar surface area (TPSA) is 0 Å². The third kappa shape index (κ3) is 38.3. The van der Waals surface area contributed by atoms with E-state index in [0.29, 0.717) is 0 Å². The second kappa shape index (κ2) is 48.0. The zero-order valence-electron chi connectivity index (χ0n) is 9.35. The van der Waals surface area contributed by atoms with Crippen LogP contribution in [0.25, 0.3) is 0 Å². The number of halogens is 3. The predicted molar refractivity (Wildman–Crippen MR) is 49.9 cm³/mol. The Bertz CT molecular complexity index is 26.7. The van der Waals surface area contributed by atoms with Gasteiger partial charge in [-0.15, -0.1) is 37.2 Å². The molecule has 0 aromatic heterocycles. The molecular formula is H11CaCl3MgNaP. The molecule has 7 heteroatoms. The van der Waals surface area contributed by atoms with E-state index in [1.165, 1.54) is 0 Å². The van der Waals surface area contributed by atoms with Gasteiger partial charge < -0.3 is 7.13 Å². The van der Waals surface area contributed by atoms with Gasteiger partial charge in [-0.25, -0.2) is 0 Å². The maximum atomic E-state index is 0. The summed E-state index contributed by atoms with van der Waals surface area (Å²) in [5, 5.41) is 0. The number of hydrogen-bond acceptors (Lipinski definition) is 0. The van der Waals surface area contributed by atoms with Crippen LogP contribution in [0.1, 0.15) is 7.13 Å². The van der Waals surface area contributed by atoms with Crippen molar-refractivity contribution in [1.82, 2.24) is 0 Å². The number of rotatable bonds is 0. The maximum Gasteiger partial charge on any atom is 2.00 e. The first-order valence-electron chi connectivity index (χ1n) is 0. The third-order valence-corrected chi connectivity index (χ3v) is 0. The minimum Gasteiger partial charge on any atom is -1.00 e. The van der Waals surface area contributed by atoms with Gasteiger partial charge in [0.15, 0.2) is 0 Å². The smallest absolute Gasteiger partial charge is 1.00 e. The molecule has 0 nitrogen and oxygen atoms in total. The van der Waals surface area contributed by atoms with Gasteiger partial charge in [0.2, 0.25) is 0 Å². The summed E-state index contributed by atoms with van der Waals surface area (Å²) in [5.41, 5.74) is 0. The second-order valence-electron chi connectivity index (χ2n) is 0. The van der Waals surface area contributed by atoms with Crippen molar-refractivity contribution in [2.24, 2.45) is 0 Å². The summed E-state index contributed by atoms with van der Waals surface area (Å²) in [6.07, 6.45) is 0. The van der Waals surface area contributed by atoms with Gasteiger partial charge in [-0.2, -0.15) is 9.90 Å². The Kier molecular flexibility index (Phi) is 442. The zero-order valence-corrected chi connectivity index (χ0v) is 13.8. The Balaban J connectivity index is 0. The first-order chi connectivity index (χ1) is 0. The maximum absolute atomic E-state index is 0. The molecule has 7 heavy (non-hydrogen) atoms. The van der Waals surface area contributed by atoms with Crippen LogP contribution in [0.15, 0.2) is 0 Å². The van der Waals surface area contributed by atoms with E-state index in [1.807, 2.05) is 0 Å². The first kappa shape index (κ1) is 64.5. The molecular weight excluding hydrogens is 225 g/mol. The molecule has 0 radical (unpaired) electrons. The molecule has 0 saturated carbocycles. The van der Waals surface area contributed by atoms with E-state index in [2.05, 4.69) is 0 Å². The largest absolute Gasteiger partial charge is 2.00 e. The van der Waals surface area contributed by atoms with Crippen molar-refractivity contribution < 1.29 is 36.7 Å². The Morgan fingerprint density at radius 2 is 0.857 bits per heavy atom. The molecule has 0 fully saturated rings. The molecule has 1 atom stereocenters. The monoisotopic (exact) mass is 234 g/mol. The van der Waals surface area contributed by atoms with E-state index in [0.717, 1.165) is 0 Å². The summed E-state index contributed by atoms with van der Waals surface area (Å²) >= 11 is 0. The second-order valence-corrected chi connectivity index (χ2v) is 0. The molecule has 0 saturated heterocycles. The van der Waals surface area contributed by atoms with Gasteiger partial charge >= 0.3 is 90.3 Å². The van der Waals surface area contributed by atoms with Crippen LogP contribution in [0.2, 0.25) is 0 Å². The van der Waals surface area contributed by atoms with E-state index in [4.69, 9.17) is 0 Å². The fraction of sp³-hybridized carbons (Fsp3) is 0. The average Bonchev–Trinajstić information content (AvgIpc) is 0. The minimum absolute atomic E-state index is 0. The predicted octanol–water partition coefficient (Wildman–Crippen LogP) is -1.87. The van der Waals surface area contributed by atoms with Crippen molar-refractivity contribution >= 4 is 108 Å². The van der Waals surface area contributed by atoms with Crippen molar-refractivity contribution in [3.05, 3.63) is 0 Å². The standard InChI is InChI=1S/Ca.3ClH.Mg.Na.H3P.5H/h;3*1H;;;1H3;;;;;/q+2;;;;+2;+1;;5*-1. The summed E-state index contributed by atoms with van der Waals surface area (Å²) in [4.78, 5) is 0. The average molecular weight is 236 g/mol. The van der Waals surface area contributed by atoms with Crippen molar-refractivity contribution in [2.75, 3.05) is 0 Å². The molecule has 0 bridgehead atoms. The SMILES string of the molecule is Cl.Cl.Cl.P.[Ca+2].[H-].[H-].[H-].[H-].[H-].[Mg+2].[Na+]. The van der Waals surface area contributed by atoms with Crippen LogP contribution in [0.4, 0.5) is 0 Å². The van der Waals surface area contributed by atoms with Gasteiger partial charge in [-0.1, -0.05) is 0 Å². The summed E-state index contributed by atoms with van der Waals surface area (Å²) < 4.78 is 0. The Hall–Kier alpha value is 4.33. The minimum atomic E-state index is 0.